The van der Waals surface area contributed by atoms with Gasteiger partial charge < -0.3 is 13.9 Å². The number of aromatic nitrogens is 3. The Morgan fingerprint density at radius 1 is 1.24 bits per heavy atom. The molecule has 1 aromatic carbocycles. The van der Waals surface area contributed by atoms with E-state index >= 15 is 0 Å². The van der Waals surface area contributed by atoms with Gasteiger partial charge in [-0.1, -0.05) is 30.0 Å². The van der Waals surface area contributed by atoms with Gasteiger partial charge in [0.1, 0.15) is 0 Å². The van der Waals surface area contributed by atoms with Crippen LogP contribution in [-0.2, 0) is 21.7 Å². The van der Waals surface area contributed by atoms with Crippen LogP contribution in [0.25, 0.3) is 11.6 Å². The first-order chi connectivity index (χ1) is 13.9. The summed E-state index contributed by atoms with van der Waals surface area (Å²) < 4.78 is 31.1. The van der Waals surface area contributed by atoms with E-state index in [1.165, 1.54) is 11.8 Å². The van der Waals surface area contributed by atoms with Crippen molar-refractivity contribution in [2.75, 3.05) is 22.2 Å². The highest BCUT2D eigenvalue weighted by Gasteiger charge is 2.35. The third kappa shape index (κ3) is 4.23. The van der Waals surface area contributed by atoms with Gasteiger partial charge in [-0.2, -0.15) is 0 Å². The van der Waals surface area contributed by atoms with Crippen molar-refractivity contribution in [2.45, 2.75) is 17.6 Å². The second-order valence-electron chi connectivity index (χ2n) is 6.79. The maximum atomic E-state index is 13.1. The number of hydrogen-bond donors (Lipinski definition) is 0. The fourth-order valence-corrected chi connectivity index (χ4v) is 5.85. The summed E-state index contributed by atoms with van der Waals surface area (Å²) in [5.74, 6) is 1.23. The number of rotatable bonds is 6. The Hall–Kier alpha value is -2.59. The zero-order valence-corrected chi connectivity index (χ0v) is 17.4. The molecular weight excluding hydrogens is 412 g/mol. The third-order valence-corrected chi connectivity index (χ3v) is 7.53. The first kappa shape index (κ1) is 19.7. The summed E-state index contributed by atoms with van der Waals surface area (Å²) in [6, 6.07) is 12.4. The minimum Gasteiger partial charge on any atom is -0.461 e. The zero-order valence-electron chi connectivity index (χ0n) is 15.8. The Morgan fingerprint density at radius 3 is 2.69 bits per heavy atom. The van der Waals surface area contributed by atoms with Crippen molar-refractivity contribution in [1.29, 1.82) is 0 Å². The summed E-state index contributed by atoms with van der Waals surface area (Å²) in [5.41, 5.74) is 0.703. The highest BCUT2D eigenvalue weighted by molar-refractivity contribution is 7.99. The predicted octanol–water partition coefficient (Wildman–Crippen LogP) is 2.39. The fourth-order valence-electron chi connectivity index (χ4n) is 3.38. The van der Waals surface area contributed by atoms with Crippen molar-refractivity contribution < 1.29 is 17.6 Å². The minimum atomic E-state index is -3.12. The van der Waals surface area contributed by atoms with Gasteiger partial charge in [0.25, 0.3) is 0 Å². The number of nitrogens with zero attached hydrogens (tertiary/aromatic N) is 4. The van der Waals surface area contributed by atoms with Crippen LogP contribution in [0.3, 0.4) is 0 Å². The van der Waals surface area contributed by atoms with Gasteiger partial charge in [-0.05, 0) is 30.7 Å². The van der Waals surface area contributed by atoms with Gasteiger partial charge in [-0.25, -0.2) is 8.42 Å². The van der Waals surface area contributed by atoms with Crippen molar-refractivity contribution in [3.8, 4) is 11.6 Å². The van der Waals surface area contributed by atoms with Gasteiger partial charge in [-0.15, -0.1) is 10.2 Å². The van der Waals surface area contributed by atoms with E-state index in [1.807, 2.05) is 37.4 Å². The first-order valence-electron chi connectivity index (χ1n) is 9.08. The smallest absolute Gasteiger partial charge is 0.237 e. The molecule has 1 fully saturated rings. The number of anilines is 1. The van der Waals surface area contributed by atoms with Gasteiger partial charge in [0.05, 0.1) is 29.6 Å². The van der Waals surface area contributed by atoms with E-state index in [-0.39, 0.29) is 29.2 Å². The highest BCUT2D eigenvalue weighted by atomic mass is 32.2. The summed E-state index contributed by atoms with van der Waals surface area (Å²) in [7, 11) is -1.31. The molecule has 0 radical (unpaired) electrons. The van der Waals surface area contributed by atoms with Crippen LogP contribution in [-0.4, -0.2) is 52.4 Å². The molecular formula is C19H20N4O4S2. The molecule has 0 spiro atoms. The molecule has 152 valence electrons. The summed E-state index contributed by atoms with van der Waals surface area (Å²) in [5, 5.41) is 8.86. The van der Waals surface area contributed by atoms with Crippen LogP contribution in [0.15, 0.2) is 58.3 Å². The Labute approximate surface area is 172 Å². The van der Waals surface area contributed by atoms with E-state index in [0.29, 0.717) is 28.8 Å². The molecule has 1 aliphatic rings. The molecule has 0 saturated carbocycles. The molecule has 3 heterocycles. The van der Waals surface area contributed by atoms with Gasteiger partial charge in [0.2, 0.25) is 5.91 Å². The van der Waals surface area contributed by atoms with Crippen LogP contribution < -0.4 is 4.90 Å². The van der Waals surface area contributed by atoms with Crippen molar-refractivity contribution in [3.05, 3.63) is 48.7 Å². The Balaban J connectivity index is 1.52. The van der Waals surface area contributed by atoms with Crippen LogP contribution in [0, 0.1) is 0 Å². The monoisotopic (exact) mass is 432 g/mol. The first-order valence-corrected chi connectivity index (χ1v) is 11.9. The molecule has 0 N–H and O–H groups in total. The van der Waals surface area contributed by atoms with Crippen molar-refractivity contribution in [1.82, 2.24) is 14.8 Å². The lowest BCUT2D eigenvalue weighted by Crippen LogP contribution is -2.42. The standard InChI is InChI=1S/C19H20N4O4S2/c1-22-18(16-8-5-10-27-16)20-21-19(22)28-12-17(24)23(14-6-3-2-4-7-14)15-9-11-29(25,26)13-15/h2-8,10,15H,9,11-13H2,1H3. The van der Waals surface area contributed by atoms with Crippen LogP contribution >= 0.6 is 11.8 Å². The van der Waals surface area contributed by atoms with Gasteiger partial charge in [0.15, 0.2) is 26.6 Å². The number of benzene rings is 1. The molecule has 1 atom stereocenters. The number of carbonyl (C=O) groups excluding carboxylic acids is 1. The lowest BCUT2D eigenvalue weighted by molar-refractivity contribution is -0.116. The SMILES string of the molecule is Cn1c(SCC(=O)N(c2ccccc2)C2CCS(=O)(=O)C2)nnc1-c1ccco1. The summed E-state index contributed by atoms with van der Waals surface area (Å²) in [4.78, 5) is 14.7. The number of sulfone groups is 1. The molecule has 2 aromatic heterocycles. The molecule has 29 heavy (non-hydrogen) atoms. The van der Waals surface area contributed by atoms with Crippen LogP contribution in [0.1, 0.15) is 6.42 Å². The van der Waals surface area contributed by atoms with E-state index in [4.69, 9.17) is 4.42 Å². The molecule has 4 rings (SSSR count). The number of amides is 1. The maximum Gasteiger partial charge on any atom is 0.237 e. The van der Waals surface area contributed by atoms with E-state index in [0.717, 1.165) is 0 Å². The normalized spacial score (nSPS) is 18.0. The van der Waals surface area contributed by atoms with Crippen molar-refractivity contribution in [2.24, 2.45) is 7.05 Å². The predicted molar refractivity (Wildman–Crippen MR) is 110 cm³/mol. The number of para-hydroxylation sites is 1. The third-order valence-electron chi connectivity index (χ3n) is 4.78. The van der Waals surface area contributed by atoms with Crippen LogP contribution in [0.4, 0.5) is 5.69 Å². The Kier molecular flexibility index (Phi) is 5.46. The maximum absolute atomic E-state index is 13.1. The number of furan rings is 1. The molecule has 1 aliphatic heterocycles. The van der Waals surface area contributed by atoms with Gasteiger partial charge in [0, 0.05) is 12.7 Å². The summed E-state index contributed by atoms with van der Waals surface area (Å²) in [6.45, 7) is 0. The zero-order chi connectivity index (χ0) is 20.4. The lowest BCUT2D eigenvalue weighted by Gasteiger charge is -2.28. The molecule has 8 nitrogen and oxygen atoms in total. The largest absolute Gasteiger partial charge is 0.461 e. The van der Waals surface area contributed by atoms with Crippen molar-refractivity contribution >= 4 is 33.2 Å². The topological polar surface area (TPSA) is 98.3 Å². The van der Waals surface area contributed by atoms with Gasteiger partial charge in [-0.3, -0.25) is 4.79 Å². The second-order valence-corrected chi connectivity index (χ2v) is 9.96. The Morgan fingerprint density at radius 2 is 2.03 bits per heavy atom. The molecule has 0 aliphatic carbocycles. The van der Waals surface area contributed by atoms with E-state index in [2.05, 4.69) is 10.2 Å². The number of thioether (sulfide) groups is 1. The second kappa shape index (κ2) is 8.03. The molecule has 1 saturated heterocycles. The van der Waals surface area contributed by atoms with Crippen LogP contribution in [0.2, 0.25) is 0 Å². The molecule has 3 aromatic rings. The Bertz CT molecular complexity index is 1090. The van der Waals surface area contributed by atoms with E-state index < -0.39 is 9.84 Å². The molecule has 1 amide bonds. The summed E-state index contributed by atoms with van der Waals surface area (Å²) >= 11 is 1.26. The molecule has 0 bridgehead atoms. The molecule has 10 heteroatoms. The van der Waals surface area contributed by atoms with Gasteiger partial charge >= 0.3 is 0 Å². The van der Waals surface area contributed by atoms with E-state index in [9.17, 15) is 13.2 Å². The number of carbonyl (C=O) groups is 1. The van der Waals surface area contributed by atoms with Crippen molar-refractivity contribution in [3.63, 3.8) is 0 Å². The summed E-state index contributed by atoms with van der Waals surface area (Å²) in [6.07, 6.45) is 2.01. The fraction of sp³-hybridized carbons (Fsp3) is 0.316. The van der Waals surface area contributed by atoms with E-state index in [1.54, 1.807) is 27.9 Å². The molecule has 1 unspecified atom stereocenters. The average molecular weight is 433 g/mol. The minimum absolute atomic E-state index is 0.00902. The average Bonchev–Trinajstić information content (AvgIpc) is 3.42. The van der Waals surface area contributed by atoms with Crippen LogP contribution in [0.5, 0.6) is 0 Å². The quantitative estimate of drug-likeness (QED) is 0.552. The highest BCUT2D eigenvalue weighted by Crippen LogP contribution is 2.27. The number of hydrogen-bond acceptors (Lipinski definition) is 7. The lowest BCUT2D eigenvalue weighted by atomic mass is 10.2.